The predicted octanol–water partition coefficient (Wildman–Crippen LogP) is 0.0667. The van der Waals surface area contributed by atoms with Crippen molar-refractivity contribution in [1.29, 1.82) is 0 Å². The Balaban J connectivity index is 2.62. The van der Waals surface area contributed by atoms with Crippen molar-refractivity contribution >= 4 is 10.0 Å². The van der Waals surface area contributed by atoms with Crippen LogP contribution in [-0.2, 0) is 14.8 Å². The molecule has 6 nitrogen and oxygen atoms in total. The van der Waals surface area contributed by atoms with E-state index in [1.165, 1.54) is 23.9 Å². The first-order chi connectivity index (χ1) is 7.09. The molecule has 1 N–H and O–H groups in total. The molecule has 0 saturated carbocycles. The van der Waals surface area contributed by atoms with Gasteiger partial charge in [0.05, 0.1) is 12.5 Å². The molecule has 0 saturated heterocycles. The number of ether oxygens (including phenoxy) is 1. The summed E-state index contributed by atoms with van der Waals surface area (Å²) in [6.07, 6.45) is 3.30. The largest absolute Gasteiger partial charge is 0.385 e. The van der Waals surface area contributed by atoms with Crippen LogP contribution in [0.15, 0.2) is 17.6 Å². The van der Waals surface area contributed by atoms with Crippen molar-refractivity contribution in [2.24, 2.45) is 0 Å². The van der Waals surface area contributed by atoms with Gasteiger partial charge < -0.3 is 9.72 Å². The molecule has 0 unspecified atom stereocenters. The smallest absolute Gasteiger partial charge is 0.259 e. The van der Waals surface area contributed by atoms with Crippen LogP contribution in [0.3, 0.4) is 0 Å². The number of sulfonamides is 1. The Bertz CT molecular complexity index is 374. The lowest BCUT2D eigenvalue weighted by molar-refractivity contribution is 0.189. The molecular formula is C8H15N3O3S. The number of nitrogens with zero attached hydrogens (tertiary/aromatic N) is 2. The molecular weight excluding hydrogens is 218 g/mol. The number of hydrogen-bond acceptors (Lipinski definition) is 4. The lowest BCUT2D eigenvalue weighted by atomic mass is 10.5. The van der Waals surface area contributed by atoms with Gasteiger partial charge >= 0.3 is 0 Å². The van der Waals surface area contributed by atoms with Crippen molar-refractivity contribution in [3.05, 3.63) is 12.5 Å². The van der Waals surface area contributed by atoms with Crippen LogP contribution in [0.25, 0.3) is 0 Å². The predicted molar refractivity (Wildman–Crippen MR) is 54.9 cm³/mol. The summed E-state index contributed by atoms with van der Waals surface area (Å²) in [4.78, 5) is 6.26. The van der Waals surface area contributed by atoms with Gasteiger partial charge in [-0.25, -0.2) is 13.4 Å². The summed E-state index contributed by atoms with van der Waals surface area (Å²) in [6, 6.07) is 0. The molecule has 0 bridgehead atoms. The monoisotopic (exact) mass is 233 g/mol. The zero-order chi connectivity index (χ0) is 11.3. The van der Waals surface area contributed by atoms with Gasteiger partial charge in [-0.05, 0) is 6.42 Å². The van der Waals surface area contributed by atoms with Crippen LogP contribution in [-0.4, -0.2) is 50.0 Å². The molecule has 1 aromatic heterocycles. The van der Waals surface area contributed by atoms with Gasteiger partial charge in [0, 0.05) is 27.3 Å². The summed E-state index contributed by atoms with van der Waals surface area (Å²) in [5, 5.41) is 0.113. The van der Waals surface area contributed by atoms with Gasteiger partial charge in [0.2, 0.25) is 0 Å². The second-order valence-corrected chi connectivity index (χ2v) is 5.10. The molecule has 1 rings (SSSR count). The molecule has 0 aliphatic heterocycles. The third-order valence-corrected chi connectivity index (χ3v) is 3.77. The molecule has 0 aromatic carbocycles. The number of H-pyrrole nitrogens is 1. The highest BCUT2D eigenvalue weighted by atomic mass is 32.2. The molecule has 0 aliphatic rings. The van der Waals surface area contributed by atoms with Crippen LogP contribution in [0.1, 0.15) is 6.42 Å². The summed E-state index contributed by atoms with van der Waals surface area (Å²) in [6.45, 7) is 0.970. The van der Waals surface area contributed by atoms with Crippen LogP contribution >= 0.6 is 0 Å². The van der Waals surface area contributed by atoms with E-state index in [9.17, 15) is 8.42 Å². The SMILES string of the molecule is COCCCN(C)S(=O)(=O)c1cnc[nH]1. The van der Waals surface area contributed by atoms with Crippen molar-refractivity contribution in [1.82, 2.24) is 14.3 Å². The maximum Gasteiger partial charge on any atom is 0.259 e. The number of imidazole rings is 1. The summed E-state index contributed by atoms with van der Waals surface area (Å²) >= 11 is 0. The minimum absolute atomic E-state index is 0.113. The number of methoxy groups -OCH3 is 1. The Morgan fingerprint density at radius 3 is 2.87 bits per heavy atom. The minimum atomic E-state index is -3.42. The van der Waals surface area contributed by atoms with Crippen molar-refractivity contribution in [2.75, 3.05) is 27.3 Å². The van der Waals surface area contributed by atoms with Crippen molar-refractivity contribution in [3.63, 3.8) is 0 Å². The van der Waals surface area contributed by atoms with Crippen molar-refractivity contribution in [3.8, 4) is 0 Å². The molecule has 0 spiro atoms. The number of rotatable bonds is 6. The maximum atomic E-state index is 11.8. The van der Waals surface area contributed by atoms with Crippen LogP contribution < -0.4 is 0 Å². The maximum absolute atomic E-state index is 11.8. The Morgan fingerprint density at radius 2 is 2.33 bits per heavy atom. The van der Waals surface area contributed by atoms with Crippen molar-refractivity contribution < 1.29 is 13.2 Å². The van der Waals surface area contributed by atoms with E-state index < -0.39 is 10.0 Å². The highest BCUT2D eigenvalue weighted by Crippen LogP contribution is 2.09. The molecule has 0 atom stereocenters. The van der Waals surface area contributed by atoms with E-state index >= 15 is 0 Å². The standard InChI is InChI=1S/C8H15N3O3S/c1-11(4-3-5-14-2)15(12,13)8-6-9-7-10-8/h6-7H,3-5H2,1-2H3,(H,9,10). The molecule has 0 radical (unpaired) electrons. The fourth-order valence-electron chi connectivity index (χ4n) is 1.10. The minimum Gasteiger partial charge on any atom is -0.385 e. The van der Waals surface area contributed by atoms with Gasteiger partial charge in [-0.15, -0.1) is 0 Å². The van der Waals surface area contributed by atoms with Gasteiger partial charge in [-0.1, -0.05) is 0 Å². The van der Waals surface area contributed by atoms with E-state index in [-0.39, 0.29) is 5.03 Å². The fourth-order valence-corrected chi connectivity index (χ4v) is 2.20. The first-order valence-corrected chi connectivity index (χ1v) is 5.96. The second kappa shape index (κ2) is 5.24. The molecule has 0 aliphatic carbocycles. The van der Waals surface area contributed by atoms with Gasteiger partial charge in [0.25, 0.3) is 10.0 Å². The molecule has 86 valence electrons. The van der Waals surface area contributed by atoms with E-state index in [4.69, 9.17) is 4.74 Å². The Morgan fingerprint density at radius 1 is 1.60 bits per heavy atom. The highest BCUT2D eigenvalue weighted by molar-refractivity contribution is 7.89. The van der Waals surface area contributed by atoms with E-state index in [0.29, 0.717) is 19.6 Å². The molecule has 0 amide bonds. The molecule has 1 heterocycles. The van der Waals surface area contributed by atoms with Gasteiger partial charge in [0.1, 0.15) is 0 Å². The molecule has 0 fully saturated rings. The van der Waals surface area contributed by atoms with E-state index in [0.717, 1.165) is 0 Å². The Labute approximate surface area is 89.3 Å². The number of hydrogen-bond donors (Lipinski definition) is 1. The zero-order valence-corrected chi connectivity index (χ0v) is 9.62. The second-order valence-electron chi connectivity index (χ2n) is 3.09. The van der Waals surface area contributed by atoms with Crippen LogP contribution in [0.5, 0.6) is 0 Å². The summed E-state index contributed by atoms with van der Waals surface area (Å²) in [5.74, 6) is 0. The topological polar surface area (TPSA) is 75.3 Å². The first kappa shape index (κ1) is 12.2. The number of aromatic nitrogens is 2. The van der Waals surface area contributed by atoms with E-state index in [2.05, 4.69) is 9.97 Å². The third kappa shape index (κ3) is 3.01. The number of nitrogens with one attached hydrogen (secondary N) is 1. The Kier molecular flexibility index (Phi) is 4.25. The third-order valence-electron chi connectivity index (χ3n) is 1.98. The van der Waals surface area contributed by atoms with Gasteiger partial charge in [0.15, 0.2) is 5.03 Å². The summed E-state index contributed by atoms with van der Waals surface area (Å²) in [7, 11) is -0.296. The molecule has 1 aromatic rings. The summed E-state index contributed by atoms with van der Waals surface area (Å²) < 4.78 is 29.7. The van der Waals surface area contributed by atoms with Gasteiger partial charge in [-0.3, -0.25) is 0 Å². The van der Waals surface area contributed by atoms with Crippen LogP contribution in [0.4, 0.5) is 0 Å². The average Bonchev–Trinajstić information content (AvgIpc) is 2.71. The van der Waals surface area contributed by atoms with Crippen LogP contribution in [0.2, 0.25) is 0 Å². The molecule has 7 heteroatoms. The number of aromatic amines is 1. The summed E-state index contributed by atoms with van der Waals surface area (Å²) in [5.41, 5.74) is 0. The fraction of sp³-hybridized carbons (Fsp3) is 0.625. The lowest BCUT2D eigenvalue weighted by Gasteiger charge is -2.15. The van der Waals surface area contributed by atoms with Gasteiger partial charge in [-0.2, -0.15) is 4.31 Å². The lowest BCUT2D eigenvalue weighted by Crippen LogP contribution is -2.28. The zero-order valence-electron chi connectivity index (χ0n) is 8.80. The van der Waals surface area contributed by atoms with E-state index in [1.807, 2.05) is 0 Å². The van der Waals surface area contributed by atoms with Crippen LogP contribution in [0, 0.1) is 0 Å². The van der Waals surface area contributed by atoms with E-state index in [1.54, 1.807) is 7.11 Å². The quantitative estimate of drug-likeness (QED) is 0.705. The Hall–Kier alpha value is -0.920. The highest BCUT2D eigenvalue weighted by Gasteiger charge is 2.21. The molecule has 15 heavy (non-hydrogen) atoms. The first-order valence-electron chi connectivity index (χ1n) is 4.52. The normalized spacial score (nSPS) is 12.2. The average molecular weight is 233 g/mol. The van der Waals surface area contributed by atoms with Crippen molar-refractivity contribution in [2.45, 2.75) is 11.4 Å².